The summed E-state index contributed by atoms with van der Waals surface area (Å²) in [5, 5.41) is 5.06. The number of nitrogens with zero attached hydrogens (tertiary/aromatic N) is 1. The number of rotatable bonds is 0. The molecule has 1 aliphatic rings. The van der Waals surface area contributed by atoms with Crippen molar-refractivity contribution in [3.8, 4) is 0 Å². The van der Waals surface area contributed by atoms with E-state index in [1.807, 2.05) is 11.4 Å². The molecule has 0 fully saturated rings. The molecule has 2 heterocycles. The summed E-state index contributed by atoms with van der Waals surface area (Å²) >= 11 is 1.48. The molecule has 0 saturated heterocycles. The van der Waals surface area contributed by atoms with Gasteiger partial charge in [0.25, 0.3) is 5.91 Å². The first-order chi connectivity index (χ1) is 5.29. The van der Waals surface area contributed by atoms with Gasteiger partial charge in [-0.25, -0.2) is 0 Å². The van der Waals surface area contributed by atoms with Gasteiger partial charge in [0, 0.05) is 7.05 Å². The molecule has 0 spiro atoms. The summed E-state index contributed by atoms with van der Waals surface area (Å²) in [6.45, 7) is 0.614. The minimum Gasteiger partial charge on any atom is -0.366 e. The van der Waals surface area contributed by atoms with Crippen LogP contribution in [0, 0.1) is 0 Å². The molecule has 2 rings (SSSR count). The molecule has 0 atom stereocenters. The maximum atomic E-state index is 11.4. The summed E-state index contributed by atoms with van der Waals surface area (Å²) in [4.78, 5) is 13.9. The molecule has 0 aromatic carbocycles. The molecule has 1 amide bonds. The molecule has 0 aliphatic carbocycles. The molecule has 0 bridgehead atoms. The van der Waals surface area contributed by atoms with Crippen molar-refractivity contribution in [1.82, 2.24) is 4.90 Å². The van der Waals surface area contributed by atoms with E-state index >= 15 is 0 Å². The Hall–Kier alpha value is -1.03. The van der Waals surface area contributed by atoms with Crippen LogP contribution in [0.4, 0.5) is 5.69 Å². The lowest BCUT2D eigenvalue weighted by Gasteiger charge is -2.23. The van der Waals surface area contributed by atoms with Gasteiger partial charge in [-0.15, -0.1) is 11.3 Å². The number of hydrogen-bond acceptors (Lipinski definition) is 3. The van der Waals surface area contributed by atoms with Crippen LogP contribution in [0.5, 0.6) is 0 Å². The molecule has 1 aromatic rings. The predicted molar refractivity (Wildman–Crippen MR) is 44.9 cm³/mol. The Morgan fingerprint density at radius 1 is 1.73 bits per heavy atom. The van der Waals surface area contributed by atoms with E-state index in [2.05, 4.69) is 5.32 Å². The Kier molecular flexibility index (Phi) is 1.35. The van der Waals surface area contributed by atoms with E-state index < -0.39 is 0 Å². The molecule has 0 unspecified atom stereocenters. The third kappa shape index (κ3) is 0.903. The summed E-state index contributed by atoms with van der Waals surface area (Å²) in [5.41, 5.74) is 0.970. The van der Waals surface area contributed by atoms with Gasteiger partial charge >= 0.3 is 0 Å². The van der Waals surface area contributed by atoms with Crippen molar-refractivity contribution in [2.75, 3.05) is 19.0 Å². The molecule has 1 N–H and O–H groups in total. The highest BCUT2D eigenvalue weighted by atomic mass is 32.1. The van der Waals surface area contributed by atoms with E-state index in [0.717, 1.165) is 10.6 Å². The zero-order valence-electron chi connectivity index (χ0n) is 6.13. The fourth-order valence-electron chi connectivity index (χ4n) is 1.06. The smallest absolute Gasteiger partial charge is 0.267 e. The summed E-state index contributed by atoms with van der Waals surface area (Å²) in [7, 11) is 1.79. The quantitative estimate of drug-likeness (QED) is 0.631. The van der Waals surface area contributed by atoms with Crippen LogP contribution in [0.1, 0.15) is 9.67 Å². The van der Waals surface area contributed by atoms with Crippen LogP contribution in [0.15, 0.2) is 11.4 Å². The van der Waals surface area contributed by atoms with Crippen molar-refractivity contribution in [3.05, 3.63) is 16.3 Å². The van der Waals surface area contributed by atoms with E-state index in [9.17, 15) is 4.79 Å². The lowest BCUT2D eigenvalue weighted by atomic mass is 10.3. The molecule has 11 heavy (non-hydrogen) atoms. The first-order valence-electron chi connectivity index (χ1n) is 3.36. The van der Waals surface area contributed by atoms with Gasteiger partial charge in [-0.05, 0) is 11.4 Å². The van der Waals surface area contributed by atoms with E-state index in [1.54, 1.807) is 11.9 Å². The minimum atomic E-state index is 0.119. The Bertz CT molecular complexity index is 294. The van der Waals surface area contributed by atoms with Crippen molar-refractivity contribution >= 4 is 22.9 Å². The van der Waals surface area contributed by atoms with Gasteiger partial charge in [0.1, 0.15) is 4.88 Å². The topological polar surface area (TPSA) is 32.3 Å². The summed E-state index contributed by atoms with van der Waals surface area (Å²) < 4.78 is 0. The number of fused-ring (bicyclic) bond motifs is 1. The second kappa shape index (κ2) is 2.23. The maximum Gasteiger partial charge on any atom is 0.267 e. The predicted octanol–water partition coefficient (Wildman–Crippen LogP) is 1.20. The second-order valence-corrected chi connectivity index (χ2v) is 3.42. The Labute approximate surface area is 68.6 Å². The molecule has 3 nitrogen and oxygen atoms in total. The van der Waals surface area contributed by atoms with Crippen molar-refractivity contribution in [3.63, 3.8) is 0 Å². The Morgan fingerprint density at radius 2 is 2.55 bits per heavy atom. The van der Waals surface area contributed by atoms with Gasteiger partial charge in [-0.3, -0.25) is 4.79 Å². The van der Waals surface area contributed by atoms with Gasteiger partial charge in [0.15, 0.2) is 0 Å². The van der Waals surface area contributed by atoms with Crippen LogP contribution in [-0.4, -0.2) is 24.5 Å². The first-order valence-corrected chi connectivity index (χ1v) is 4.24. The summed E-state index contributed by atoms with van der Waals surface area (Å²) in [6, 6.07) is 1.94. The number of thiophene rings is 1. The van der Waals surface area contributed by atoms with Crippen LogP contribution >= 0.6 is 11.3 Å². The third-order valence-corrected chi connectivity index (χ3v) is 2.62. The van der Waals surface area contributed by atoms with Crippen LogP contribution in [0.3, 0.4) is 0 Å². The molecule has 0 radical (unpaired) electrons. The molecular formula is C7H8N2OS. The fourth-order valence-corrected chi connectivity index (χ4v) is 1.93. The van der Waals surface area contributed by atoms with Crippen molar-refractivity contribution in [1.29, 1.82) is 0 Å². The Morgan fingerprint density at radius 3 is 3.36 bits per heavy atom. The van der Waals surface area contributed by atoms with Gasteiger partial charge in [0.05, 0.1) is 12.4 Å². The van der Waals surface area contributed by atoms with Crippen LogP contribution in [-0.2, 0) is 0 Å². The fraction of sp³-hybridized carbons (Fsp3) is 0.286. The van der Waals surface area contributed by atoms with E-state index in [4.69, 9.17) is 0 Å². The Balaban J connectivity index is 2.46. The zero-order chi connectivity index (χ0) is 7.84. The summed E-state index contributed by atoms with van der Waals surface area (Å²) in [6.07, 6.45) is 0. The van der Waals surface area contributed by atoms with Crippen LogP contribution in [0.25, 0.3) is 0 Å². The number of nitrogens with one attached hydrogen (secondary N) is 1. The third-order valence-electron chi connectivity index (χ3n) is 1.71. The average Bonchev–Trinajstić information content (AvgIpc) is 2.45. The SMILES string of the molecule is CN1CNc2ccsc2C1=O. The molecule has 4 heteroatoms. The maximum absolute atomic E-state index is 11.4. The zero-order valence-corrected chi connectivity index (χ0v) is 6.94. The normalized spacial score (nSPS) is 16.1. The minimum absolute atomic E-state index is 0.119. The van der Waals surface area contributed by atoms with Crippen LogP contribution in [0.2, 0.25) is 0 Å². The van der Waals surface area contributed by atoms with E-state index in [1.165, 1.54) is 11.3 Å². The van der Waals surface area contributed by atoms with Gasteiger partial charge < -0.3 is 10.2 Å². The first kappa shape index (κ1) is 6.67. The number of amides is 1. The average molecular weight is 168 g/mol. The number of hydrogen-bond donors (Lipinski definition) is 1. The van der Waals surface area contributed by atoms with Crippen LogP contribution < -0.4 is 5.32 Å². The second-order valence-electron chi connectivity index (χ2n) is 2.50. The monoisotopic (exact) mass is 168 g/mol. The van der Waals surface area contributed by atoms with Crippen molar-refractivity contribution in [2.45, 2.75) is 0 Å². The highest BCUT2D eigenvalue weighted by Gasteiger charge is 2.21. The lowest BCUT2D eigenvalue weighted by molar-refractivity contribution is 0.0802. The molecular weight excluding hydrogens is 160 g/mol. The number of carbonyl (C=O) groups excluding carboxylic acids is 1. The molecule has 58 valence electrons. The highest BCUT2D eigenvalue weighted by molar-refractivity contribution is 7.12. The molecule has 0 saturated carbocycles. The lowest BCUT2D eigenvalue weighted by Crippen LogP contribution is -2.35. The number of anilines is 1. The standard InChI is InChI=1S/C7H8N2OS/c1-9-4-8-5-2-3-11-6(5)7(9)10/h2-3,8H,4H2,1H3. The molecule has 1 aliphatic heterocycles. The van der Waals surface area contributed by atoms with Crippen molar-refractivity contribution in [2.24, 2.45) is 0 Å². The number of carbonyl (C=O) groups is 1. The van der Waals surface area contributed by atoms with Crippen molar-refractivity contribution < 1.29 is 4.79 Å². The summed E-state index contributed by atoms with van der Waals surface area (Å²) in [5.74, 6) is 0.119. The van der Waals surface area contributed by atoms with E-state index in [-0.39, 0.29) is 5.91 Å². The van der Waals surface area contributed by atoms with E-state index in [0.29, 0.717) is 6.67 Å². The van der Waals surface area contributed by atoms with Gasteiger partial charge in [-0.1, -0.05) is 0 Å². The highest BCUT2D eigenvalue weighted by Crippen LogP contribution is 2.26. The van der Waals surface area contributed by atoms with Gasteiger partial charge in [0.2, 0.25) is 0 Å². The molecule has 1 aromatic heterocycles. The largest absolute Gasteiger partial charge is 0.366 e. The van der Waals surface area contributed by atoms with Gasteiger partial charge in [-0.2, -0.15) is 0 Å².